The molecule has 0 aliphatic rings. The zero-order valence-electron chi connectivity index (χ0n) is 12.7. The lowest BCUT2D eigenvalue weighted by Gasteiger charge is -2.32. The van der Waals surface area contributed by atoms with Gasteiger partial charge in [-0.25, -0.2) is 9.59 Å². The molecule has 0 saturated heterocycles. The van der Waals surface area contributed by atoms with Crippen molar-refractivity contribution in [2.24, 2.45) is 5.41 Å². The summed E-state index contributed by atoms with van der Waals surface area (Å²) >= 11 is 0. The highest BCUT2D eigenvalue weighted by atomic mass is 16.5. The van der Waals surface area contributed by atoms with Gasteiger partial charge in [-0.3, -0.25) is 0 Å². The maximum Gasteiger partial charge on any atom is 0.330 e. The van der Waals surface area contributed by atoms with Crippen molar-refractivity contribution in [2.45, 2.75) is 46.0 Å². The van der Waals surface area contributed by atoms with Crippen molar-refractivity contribution in [3.63, 3.8) is 0 Å². The number of rotatable bonds is 11. The lowest BCUT2D eigenvalue weighted by molar-refractivity contribution is -0.149. The van der Waals surface area contributed by atoms with Crippen molar-refractivity contribution in [1.29, 1.82) is 0 Å². The molecule has 4 nitrogen and oxygen atoms in total. The lowest BCUT2D eigenvalue weighted by atomic mass is 9.80. The summed E-state index contributed by atoms with van der Waals surface area (Å²) in [5.41, 5.74) is -0.317. The van der Waals surface area contributed by atoms with Gasteiger partial charge in [0.25, 0.3) is 0 Å². The van der Waals surface area contributed by atoms with E-state index in [2.05, 4.69) is 27.0 Å². The first-order valence-electron chi connectivity index (χ1n) is 7.12. The molecule has 4 heteroatoms. The summed E-state index contributed by atoms with van der Waals surface area (Å²) in [5, 5.41) is 0. The molecule has 0 atom stereocenters. The number of hydrogen-bond acceptors (Lipinski definition) is 4. The molecule has 0 aromatic carbocycles. The number of carbonyl (C=O) groups is 2. The number of ether oxygens (including phenoxy) is 2. The Labute approximate surface area is 121 Å². The zero-order valence-corrected chi connectivity index (χ0v) is 12.7. The van der Waals surface area contributed by atoms with Crippen LogP contribution < -0.4 is 0 Å². The van der Waals surface area contributed by atoms with Crippen LogP contribution in [0.2, 0.25) is 0 Å². The molecular formula is C16H26O4. The summed E-state index contributed by atoms with van der Waals surface area (Å²) in [5.74, 6) is -0.894. The molecule has 0 aliphatic heterocycles. The minimum atomic E-state index is -0.447. The van der Waals surface area contributed by atoms with Gasteiger partial charge < -0.3 is 9.47 Å². The number of carbonyl (C=O) groups excluding carboxylic acids is 2. The van der Waals surface area contributed by atoms with Crippen molar-refractivity contribution in [1.82, 2.24) is 0 Å². The van der Waals surface area contributed by atoms with E-state index in [4.69, 9.17) is 9.47 Å². The average molecular weight is 282 g/mol. The van der Waals surface area contributed by atoms with Crippen LogP contribution in [0.25, 0.3) is 0 Å². The molecule has 0 amide bonds. The van der Waals surface area contributed by atoms with Crippen LogP contribution in [0, 0.1) is 5.41 Å². The molecule has 0 aromatic rings. The number of unbranched alkanes of at least 4 members (excludes halogenated alkanes) is 1. The predicted octanol–water partition coefficient (Wildman–Crippen LogP) is 3.42. The van der Waals surface area contributed by atoms with Crippen molar-refractivity contribution in [3.8, 4) is 0 Å². The fourth-order valence-corrected chi connectivity index (χ4v) is 2.10. The van der Waals surface area contributed by atoms with Gasteiger partial charge in [-0.1, -0.05) is 46.3 Å². The van der Waals surface area contributed by atoms with E-state index in [1.165, 1.54) is 0 Å². The Balaban J connectivity index is 4.80. The van der Waals surface area contributed by atoms with Crippen molar-refractivity contribution < 1.29 is 19.1 Å². The predicted molar refractivity (Wildman–Crippen MR) is 79.2 cm³/mol. The Kier molecular flexibility index (Phi) is 9.43. The van der Waals surface area contributed by atoms with E-state index in [1.807, 2.05) is 0 Å². The maximum atomic E-state index is 11.3. The molecule has 0 aromatic heterocycles. The van der Waals surface area contributed by atoms with Gasteiger partial charge in [0.15, 0.2) is 0 Å². The van der Waals surface area contributed by atoms with E-state index in [-0.39, 0.29) is 18.6 Å². The normalized spacial score (nSPS) is 10.7. The molecule has 0 N–H and O–H groups in total. The quantitative estimate of drug-likeness (QED) is 0.430. The maximum absolute atomic E-state index is 11.3. The minimum Gasteiger partial charge on any atom is -0.462 e. The topological polar surface area (TPSA) is 52.6 Å². The Morgan fingerprint density at radius 2 is 1.45 bits per heavy atom. The summed E-state index contributed by atoms with van der Waals surface area (Å²) in [4.78, 5) is 22.5. The third-order valence-corrected chi connectivity index (χ3v) is 3.22. The highest BCUT2D eigenvalue weighted by Gasteiger charge is 2.32. The van der Waals surface area contributed by atoms with Gasteiger partial charge in [0.05, 0.1) is 0 Å². The third-order valence-electron chi connectivity index (χ3n) is 3.22. The van der Waals surface area contributed by atoms with Crippen molar-refractivity contribution >= 4 is 11.9 Å². The second-order valence-electron chi connectivity index (χ2n) is 4.98. The molecular weight excluding hydrogens is 256 g/mol. The second-order valence-corrected chi connectivity index (χ2v) is 4.98. The van der Waals surface area contributed by atoms with Crippen LogP contribution in [-0.4, -0.2) is 25.2 Å². The molecule has 20 heavy (non-hydrogen) atoms. The van der Waals surface area contributed by atoms with Gasteiger partial charge >= 0.3 is 11.9 Å². The van der Waals surface area contributed by atoms with Crippen LogP contribution in [0.5, 0.6) is 0 Å². The van der Waals surface area contributed by atoms with Crippen molar-refractivity contribution in [2.75, 3.05) is 13.2 Å². The first-order valence-corrected chi connectivity index (χ1v) is 7.12. The van der Waals surface area contributed by atoms with E-state index in [0.717, 1.165) is 44.3 Å². The van der Waals surface area contributed by atoms with Crippen LogP contribution >= 0.6 is 0 Å². The van der Waals surface area contributed by atoms with E-state index in [9.17, 15) is 9.59 Å². The molecule has 0 radical (unpaired) electrons. The Hall–Kier alpha value is -1.58. The average Bonchev–Trinajstić information content (AvgIpc) is 2.47. The van der Waals surface area contributed by atoms with Crippen LogP contribution in [0.1, 0.15) is 46.0 Å². The molecule has 0 rings (SSSR count). The lowest BCUT2D eigenvalue weighted by Crippen LogP contribution is -2.34. The van der Waals surface area contributed by atoms with Crippen LogP contribution in [-0.2, 0) is 19.1 Å². The third kappa shape index (κ3) is 7.12. The SMILES string of the molecule is C=CC(=O)OCC(CCC)(CCCC)COC(=O)C=C. The summed E-state index contributed by atoms with van der Waals surface area (Å²) in [7, 11) is 0. The van der Waals surface area contributed by atoms with Crippen LogP contribution in [0.4, 0.5) is 0 Å². The Morgan fingerprint density at radius 3 is 1.80 bits per heavy atom. The highest BCUT2D eigenvalue weighted by Crippen LogP contribution is 2.31. The Morgan fingerprint density at radius 1 is 0.950 bits per heavy atom. The number of esters is 2. The first-order chi connectivity index (χ1) is 9.53. The smallest absolute Gasteiger partial charge is 0.330 e. The molecule has 0 spiro atoms. The summed E-state index contributed by atoms with van der Waals surface area (Å²) < 4.78 is 10.4. The molecule has 0 bridgehead atoms. The van der Waals surface area contributed by atoms with Gasteiger partial charge in [0, 0.05) is 17.6 Å². The summed E-state index contributed by atoms with van der Waals surface area (Å²) in [6.45, 7) is 11.4. The molecule has 114 valence electrons. The standard InChI is InChI=1S/C16H26O4/c1-5-9-11-16(10-6-2,12-19-14(17)7-3)13-20-15(18)8-4/h7-8H,3-6,9-13H2,1-2H3. The van der Waals surface area contributed by atoms with Crippen LogP contribution in [0.15, 0.2) is 25.3 Å². The molecule has 0 aliphatic carbocycles. The van der Waals surface area contributed by atoms with Gasteiger partial charge in [0.2, 0.25) is 0 Å². The second kappa shape index (κ2) is 10.2. The van der Waals surface area contributed by atoms with E-state index in [1.54, 1.807) is 0 Å². The fourth-order valence-electron chi connectivity index (χ4n) is 2.10. The largest absolute Gasteiger partial charge is 0.462 e. The molecule has 0 fully saturated rings. The van der Waals surface area contributed by atoms with Crippen molar-refractivity contribution in [3.05, 3.63) is 25.3 Å². The van der Waals surface area contributed by atoms with Crippen LogP contribution in [0.3, 0.4) is 0 Å². The van der Waals surface area contributed by atoms with Gasteiger partial charge in [-0.05, 0) is 12.8 Å². The first kappa shape index (κ1) is 18.4. The van der Waals surface area contributed by atoms with E-state index >= 15 is 0 Å². The van der Waals surface area contributed by atoms with Gasteiger partial charge in [0.1, 0.15) is 13.2 Å². The van der Waals surface area contributed by atoms with Gasteiger partial charge in [-0.15, -0.1) is 0 Å². The molecule has 0 heterocycles. The fraction of sp³-hybridized carbons (Fsp3) is 0.625. The summed E-state index contributed by atoms with van der Waals surface area (Å²) in [6.07, 6.45) is 6.95. The monoisotopic (exact) mass is 282 g/mol. The summed E-state index contributed by atoms with van der Waals surface area (Å²) in [6, 6.07) is 0. The molecule has 0 unspecified atom stereocenters. The Bertz CT molecular complexity index is 309. The minimum absolute atomic E-state index is 0.246. The van der Waals surface area contributed by atoms with E-state index in [0.29, 0.717) is 0 Å². The van der Waals surface area contributed by atoms with Gasteiger partial charge in [-0.2, -0.15) is 0 Å². The number of hydrogen-bond donors (Lipinski definition) is 0. The van der Waals surface area contributed by atoms with E-state index < -0.39 is 11.9 Å². The highest BCUT2D eigenvalue weighted by molar-refractivity contribution is 5.81. The molecule has 0 saturated carbocycles. The zero-order chi connectivity index (χ0) is 15.4.